The molecule has 12 heteroatoms. The van der Waals surface area contributed by atoms with E-state index in [9.17, 15) is 23.6 Å². The molecular formula is C50H57F2N5O5. The van der Waals surface area contributed by atoms with Gasteiger partial charge in [0.05, 0.1) is 6.04 Å². The summed E-state index contributed by atoms with van der Waals surface area (Å²) in [5.41, 5.74) is 6.22. The summed E-state index contributed by atoms with van der Waals surface area (Å²) in [6.45, 7) is 13.7. The van der Waals surface area contributed by atoms with Gasteiger partial charge in [0.2, 0.25) is 17.7 Å². The number of halogens is 2. The van der Waals surface area contributed by atoms with Crippen LogP contribution in [0.3, 0.4) is 0 Å². The number of aromatic nitrogens is 1. The topological polar surface area (TPSA) is 122 Å². The molecule has 0 aliphatic heterocycles. The van der Waals surface area contributed by atoms with Gasteiger partial charge >= 0.3 is 6.09 Å². The lowest BCUT2D eigenvalue weighted by Gasteiger charge is -2.40. The first-order valence-electron chi connectivity index (χ1n) is 21.2. The van der Waals surface area contributed by atoms with E-state index in [1.165, 1.54) is 13.0 Å². The molecule has 4 aromatic carbocycles. The number of fused-ring (bicyclic) bond motifs is 3. The largest absolute Gasteiger partial charge is 0.449 e. The predicted octanol–water partition coefficient (Wildman–Crippen LogP) is 8.99. The van der Waals surface area contributed by atoms with Gasteiger partial charge in [0.25, 0.3) is 0 Å². The van der Waals surface area contributed by atoms with Crippen LogP contribution in [-0.4, -0.2) is 65.1 Å². The van der Waals surface area contributed by atoms with Gasteiger partial charge in [-0.05, 0) is 76.8 Å². The summed E-state index contributed by atoms with van der Waals surface area (Å²) in [7, 11) is 0. The van der Waals surface area contributed by atoms with Crippen molar-refractivity contribution < 1.29 is 32.7 Å². The van der Waals surface area contributed by atoms with Crippen LogP contribution in [0.5, 0.6) is 0 Å². The van der Waals surface area contributed by atoms with Gasteiger partial charge in [-0.3, -0.25) is 14.4 Å². The zero-order chi connectivity index (χ0) is 44.7. The van der Waals surface area contributed by atoms with Crippen LogP contribution in [0.4, 0.5) is 13.6 Å². The Balaban J connectivity index is 1.07. The summed E-state index contributed by atoms with van der Waals surface area (Å²) in [6.07, 6.45) is 1.46. The second-order valence-electron chi connectivity index (χ2n) is 17.4. The molecule has 10 nitrogen and oxygen atoms in total. The van der Waals surface area contributed by atoms with Crippen LogP contribution in [0, 0.1) is 23.0 Å². The number of hydrogen-bond acceptors (Lipinski definition) is 5. The van der Waals surface area contributed by atoms with Crippen LogP contribution in [-0.2, 0) is 25.7 Å². The highest BCUT2D eigenvalue weighted by Crippen LogP contribution is 2.45. The number of carbonyl (C=O) groups excluding carboxylic acids is 4. The Labute approximate surface area is 363 Å². The second-order valence-corrected chi connectivity index (χ2v) is 17.4. The lowest BCUT2D eigenvalue weighted by atomic mass is 9.83. The van der Waals surface area contributed by atoms with Gasteiger partial charge < -0.3 is 30.2 Å². The minimum absolute atomic E-state index is 0.0963. The van der Waals surface area contributed by atoms with Gasteiger partial charge in [0, 0.05) is 55.5 Å². The molecule has 4 amide bonds. The molecule has 1 aromatic heterocycles. The van der Waals surface area contributed by atoms with Crippen LogP contribution in [0.15, 0.2) is 109 Å². The van der Waals surface area contributed by atoms with Crippen molar-refractivity contribution in [2.24, 2.45) is 11.3 Å². The van der Waals surface area contributed by atoms with E-state index in [-0.39, 0.29) is 43.0 Å². The average molecular weight is 846 g/mol. The normalized spacial score (nSPS) is 13.7. The molecule has 62 heavy (non-hydrogen) atoms. The van der Waals surface area contributed by atoms with Crippen LogP contribution >= 0.6 is 0 Å². The van der Waals surface area contributed by atoms with Crippen molar-refractivity contribution in [2.45, 2.75) is 85.5 Å². The average Bonchev–Trinajstić information content (AvgIpc) is 3.78. The van der Waals surface area contributed by atoms with Crippen molar-refractivity contribution in [2.75, 3.05) is 19.7 Å². The summed E-state index contributed by atoms with van der Waals surface area (Å²) in [5.74, 6) is -2.70. The van der Waals surface area contributed by atoms with E-state index in [2.05, 4.69) is 28.1 Å². The number of rotatable bonds is 16. The number of nitrogens with one attached hydrogen (secondary N) is 3. The number of alkyl carbamates (subject to hydrolysis) is 1. The zero-order valence-corrected chi connectivity index (χ0v) is 36.5. The van der Waals surface area contributed by atoms with E-state index in [1.54, 1.807) is 31.9 Å². The van der Waals surface area contributed by atoms with Crippen molar-refractivity contribution in [3.05, 3.63) is 143 Å². The smallest absolute Gasteiger partial charge is 0.407 e. The molecule has 1 heterocycles. The molecule has 1 aliphatic carbocycles. The number of carbonyl (C=O) groups is 4. The highest BCUT2D eigenvalue weighted by molar-refractivity contribution is 5.91. The van der Waals surface area contributed by atoms with Gasteiger partial charge in [0.15, 0.2) is 0 Å². The summed E-state index contributed by atoms with van der Waals surface area (Å²) in [5, 5.41) is 8.30. The van der Waals surface area contributed by atoms with E-state index < -0.39 is 53.1 Å². The van der Waals surface area contributed by atoms with Gasteiger partial charge in [-0.25, -0.2) is 13.6 Å². The SMILES string of the molecule is CC(=O)N(CCCNC(=O)[C@H](C)NC(=O)[C@@H](NC(=O)OCC1c2ccccc2-c2ccccc21)C(C)C)[C@@H](c1cc(-c2cc(F)ccc2F)cn1Cc1ccccc1)C(C)(C)C. The minimum Gasteiger partial charge on any atom is -0.449 e. The van der Waals surface area contributed by atoms with Gasteiger partial charge in [-0.2, -0.15) is 0 Å². The Morgan fingerprint density at radius 1 is 0.790 bits per heavy atom. The van der Waals surface area contributed by atoms with Gasteiger partial charge in [-0.1, -0.05) is 113 Å². The fourth-order valence-electron chi connectivity index (χ4n) is 8.36. The van der Waals surface area contributed by atoms with Crippen LogP contribution in [0.25, 0.3) is 22.3 Å². The highest BCUT2D eigenvalue weighted by Gasteiger charge is 2.36. The summed E-state index contributed by atoms with van der Waals surface area (Å²) in [6, 6.07) is 28.6. The Hall–Kier alpha value is -6.30. The Morgan fingerprint density at radius 2 is 1.42 bits per heavy atom. The molecule has 5 aromatic rings. The van der Waals surface area contributed by atoms with Gasteiger partial charge in [0.1, 0.15) is 30.3 Å². The predicted molar refractivity (Wildman–Crippen MR) is 237 cm³/mol. The quantitative estimate of drug-likeness (QED) is 0.0857. The molecule has 0 unspecified atom stereocenters. The molecule has 326 valence electrons. The molecule has 0 fully saturated rings. The van der Waals surface area contributed by atoms with Crippen molar-refractivity contribution in [1.29, 1.82) is 0 Å². The first-order chi connectivity index (χ1) is 29.5. The standard InChI is InChI=1S/C50H57F2N5O5/c1-31(2)45(55-49(61)62-30-42-39-20-13-11-18-37(39)38-19-12-14-21-40(38)42)48(60)54-32(3)47(59)53-24-15-25-57(33(4)58)46(50(5,6)7)44-26-35(41-27-36(51)22-23-43(41)52)29-56(44)28-34-16-9-8-10-17-34/h8-14,16-23,26-27,29,31-32,42,45-46H,15,24-25,28,30H2,1-7H3,(H,53,59)(H,54,60)(H,55,61)/t32-,45-,46-/m0/s1. The van der Waals surface area contributed by atoms with Crippen molar-refractivity contribution >= 4 is 23.8 Å². The zero-order valence-electron chi connectivity index (χ0n) is 36.5. The lowest BCUT2D eigenvalue weighted by molar-refractivity contribution is -0.134. The number of nitrogens with zero attached hydrogens (tertiary/aromatic N) is 2. The van der Waals surface area contributed by atoms with Crippen molar-refractivity contribution in [3.8, 4) is 22.3 Å². The molecule has 1 aliphatic rings. The molecule has 0 bridgehead atoms. The summed E-state index contributed by atoms with van der Waals surface area (Å²) >= 11 is 0. The Kier molecular flexibility index (Phi) is 14.3. The maximum Gasteiger partial charge on any atom is 0.407 e. The summed E-state index contributed by atoms with van der Waals surface area (Å²) < 4.78 is 37.1. The molecule has 0 saturated carbocycles. The minimum atomic E-state index is -0.960. The van der Waals surface area contributed by atoms with Crippen LogP contribution in [0.1, 0.15) is 89.2 Å². The number of amides is 4. The molecule has 0 spiro atoms. The number of ether oxygens (including phenoxy) is 1. The molecule has 3 N–H and O–H groups in total. The highest BCUT2D eigenvalue weighted by atomic mass is 19.1. The van der Waals surface area contributed by atoms with E-state index in [0.717, 1.165) is 45.6 Å². The fourth-order valence-corrected chi connectivity index (χ4v) is 8.36. The first kappa shape index (κ1) is 45.2. The Morgan fingerprint density at radius 3 is 2.03 bits per heavy atom. The van der Waals surface area contributed by atoms with E-state index in [1.807, 2.05) is 98.1 Å². The summed E-state index contributed by atoms with van der Waals surface area (Å²) in [4.78, 5) is 55.0. The molecule has 3 atom stereocenters. The van der Waals surface area contributed by atoms with Gasteiger partial charge in [-0.15, -0.1) is 0 Å². The molecule has 0 saturated heterocycles. The maximum absolute atomic E-state index is 15.1. The monoisotopic (exact) mass is 845 g/mol. The van der Waals surface area contributed by atoms with Crippen LogP contribution in [0.2, 0.25) is 0 Å². The van der Waals surface area contributed by atoms with Crippen molar-refractivity contribution in [1.82, 2.24) is 25.4 Å². The molecule has 6 rings (SSSR count). The van der Waals surface area contributed by atoms with Crippen LogP contribution < -0.4 is 16.0 Å². The van der Waals surface area contributed by atoms with E-state index in [4.69, 9.17) is 4.74 Å². The maximum atomic E-state index is 15.1. The Bertz CT molecular complexity index is 2340. The lowest BCUT2D eigenvalue weighted by Crippen LogP contribution is -2.54. The first-order valence-corrected chi connectivity index (χ1v) is 21.2. The third kappa shape index (κ3) is 10.6. The third-order valence-electron chi connectivity index (χ3n) is 11.4. The third-order valence-corrected chi connectivity index (χ3v) is 11.4. The molecular weight excluding hydrogens is 789 g/mol. The number of benzene rings is 4. The van der Waals surface area contributed by atoms with E-state index >= 15 is 4.39 Å². The van der Waals surface area contributed by atoms with Crippen molar-refractivity contribution in [3.63, 3.8) is 0 Å². The molecule has 0 radical (unpaired) electrons. The second kappa shape index (κ2) is 19.6. The fraction of sp³-hybridized carbons (Fsp3) is 0.360. The van der Waals surface area contributed by atoms with E-state index in [0.29, 0.717) is 18.5 Å². The number of hydrogen-bond donors (Lipinski definition) is 3.